The minimum absolute atomic E-state index is 0.252. The predicted octanol–water partition coefficient (Wildman–Crippen LogP) is 4.14. The van der Waals surface area contributed by atoms with Gasteiger partial charge in [0.2, 0.25) is 0 Å². The fraction of sp³-hybridized carbons (Fsp3) is 0.231. The minimum Gasteiger partial charge on any atom is -0.309 e. The first kappa shape index (κ1) is 12.6. The van der Waals surface area contributed by atoms with Crippen molar-refractivity contribution in [2.24, 2.45) is 0 Å². The number of nitrogens with one attached hydrogen (secondary N) is 1. The minimum atomic E-state index is -0.252. The SMILES string of the molecule is Cc1cscc1CNCc1cc(F)ccc1Cl. The van der Waals surface area contributed by atoms with Crippen LogP contribution in [-0.4, -0.2) is 0 Å². The van der Waals surface area contributed by atoms with Gasteiger partial charge in [-0.15, -0.1) is 0 Å². The lowest BCUT2D eigenvalue weighted by atomic mass is 10.2. The van der Waals surface area contributed by atoms with Crippen LogP contribution in [-0.2, 0) is 13.1 Å². The van der Waals surface area contributed by atoms with E-state index in [0.717, 1.165) is 12.1 Å². The summed E-state index contributed by atoms with van der Waals surface area (Å²) in [6.45, 7) is 3.44. The van der Waals surface area contributed by atoms with Crippen molar-refractivity contribution in [2.75, 3.05) is 0 Å². The van der Waals surface area contributed by atoms with E-state index in [1.54, 1.807) is 17.4 Å². The molecule has 1 aromatic heterocycles. The van der Waals surface area contributed by atoms with Gasteiger partial charge in [-0.1, -0.05) is 11.6 Å². The molecule has 1 nitrogen and oxygen atoms in total. The molecule has 1 N–H and O–H groups in total. The molecule has 0 aliphatic heterocycles. The van der Waals surface area contributed by atoms with Crippen molar-refractivity contribution in [3.8, 4) is 0 Å². The first-order valence-electron chi connectivity index (χ1n) is 5.33. The van der Waals surface area contributed by atoms with E-state index in [-0.39, 0.29) is 5.82 Å². The second-order valence-corrected chi connectivity index (χ2v) is 5.07. The first-order chi connectivity index (χ1) is 8.16. The number of hydrogen-bond donors (Lipinski definition) is 1. The topological polar surface area (TPSA) is 12.0 Å². The van der Waals surface area contributed by atoms with Crippen molar-refractivity contribution in [1.82, 2.24) is 5.32 Å². The number of rotatable bonds is 4. The first-order valence-corrected chi connectivity index (χ1v) is 6.65. The van der Waals surface area contributed by atoms with Crippen LogP contribution in [0, 0.1) is 12.7 Å². The number of benzene rings is 1. The summed E-state index contributed by atoms with van der Waals surface area (Å²) in [7, 11) is 0. The van der Waals surface area contributed by atoms with Gasteiger partial charge in [-0.3, -0.25) is 0 Å². The molecule has 1 aromatic carbocycles. The summed E-state index contributed by atoms with van der Waals surface area (Å²) in [4.78, 5) is 0. The molecule has 0 aliphatic rings. The molecule has 0 radical (unpaired) electrons. The molecule has 0 saturated carbocycles. The number of halogens is 2. The number of hydrogen-bond acceptors (Lipinski definition) is 2. The highest BCUT2D eigenvalue weighted by Gasteiger charge is 2.03. The van der Waals surface area contributed by atoms with Crippen LogP contribution in [0.3, 0.4) is 0 Å². The monoisotopic (exact) mass is 269 g/mol. The fourth-order valence-corrected chi connectivity index (χ4v) is 2.62. The van der Waals surface area contributed by atoms with Crippen molar-refractivity contribution >= 4 is 22.9 Å². The van der Waals surface area contributed by atoms with Gasteiger partial charge in [-0.2, -0.15) is 11.3 Å². The molecule has 0 unspecified atom stereocenters. The molecule has 0 bridgehead atoms. The van der Waals surface area contributed by atoms with Gasteiger partial charge < -0.3 is 5.32 Å². The average molecular weight is 270 g/mol. The Morgan fingerprint density at radius 1 is 1.24 bits per heavy atom. The predicted molar refractivity (Wildman–Crippen MR) is 71.0 cm³/mol. The molecule has 17 heavy (non-hydrogen) atoms. The summed E-state index contributed by atoms with van der Waals surface area (Å²) >= 11 is 7.68. The van der Waals surface area contributed by atoms with Crippen LogP contribution in [0.5, 0.6) is 0 Å². The summed E-state index contributed by atoms with van der Waals surface area (Å²) in [5, 5.41) is 8.10. The molecule has 1 heterocycles. The smallest absolute Gasteiger partial charge is 0.123 e. The number of aryl methyl sites for hydroxylation is 1. The Morgan fingerprint density at radius 2 is 2.00 bits per heavy atom. The van der Waals surface area contributed by atoms with Crippen LogP contribution in [0.1, 0.15) is 16.7 Å². The van der Waals surface area contributed by atoms with E-state index in [1.165, 1.54) is 23.3 Å². The molecule has 0 saturated heterocycles. The van der Waals surface area contributed by atoms with Crippen molar-refractivity contribution in [3.05, 3.63) is 56.5 Å². The second-order valence-electron chi connectivity index (χ2n) is 3.92. The maximum Gasteiger partial charge on any atom is 0.123 e. The van der Waals surface area contributed by atoms with Gasteiger partial charge in [-0.25, -0.2) is 4.39 Å². The second kappa shape index (κ2) is 5.63. The van der Waals surface area contributed by atoms with Gasteiger partial charge in [0, 0.05) is 18.1 Å². The van der Waals surface area contributed by atoms with Gasteiger partial charge in [0.05, 0.1) is 0 Å². The maximum absolute atomic E-state index is 13.0. The Hall–Kier alpha value is -0.900. The zero-order valence-corrected chi connectivity index (χ0v) is 11.0. The molecule has 2 rings (SSSR count). The van der Waals surface area contributed by atoms with Gasteiger partial charge in [0.25, 0.3) is 0 Å². The Labute approximate surface area is 109 Å². The molecular formula is C13H13ClFNS. The van der Waals surface area contributed by atoms with Gasteiger partial charge in [0.1, 0.15) is 5.82 Å². The van der Waals surface area contributed by atoms with Crippen LogP contribution in [0.4, 0.5) is 4.39 Å². The summed E-state index contributed by atoms with van der Waals surface area (Å²) in [5.74, 6) is -0.252. The summed E-state index contributed by atoms with van der Waals surface area (Å²) < 4.78 is 13.0. The van der Waals surface area contributed by atoms with E-state index in [0.29, 0.717) is 11.6 Å². The molecule has 0 aliphatic carbocycles. The van der Waals surface area contributed by atoms with Crippen LogP contribution in [0.25, 0.3) is 0 Å². The van der Waals surface area contributed by atoms with Gasteiger partial charge in [-0.05, 0) is 52.6 Å². The third-order valence-electron chi connectivity index (χ3n) is 2.60. The average Bonchev–Trinajstić information content (AvgIpc) is 2.70. The molecule has 90 valence electrons. The quantitative estimate of drug-likeness (QED) is 0.880. The van der Waals surface area contributed by atoms with E-state index < -0.39 is 0 Å². The zero-order valence-electron chi connectivity index (χ0n) is 9.47. The van der Waals surface area contributed by atoms with Crippen molar-refractivity contribution in [1.29, 1.82) is 0 Å². The van der Waals surface area contributed by atoms with Crippen LogP contribution in [0.2, 0.25) is 5.02 Å². The summed E-state index contributed by atoms with van der Waals surface area (Å²) in [6.07, 6.45) is 0. The van der Waals surface area contributed by atoms with E-state index in [1.807, 2.05) is 0 Å². The normalized spacial score (nSPS) is 10.8. The van der Waals surface area contributed by atoms with E-state index in [9.17, 15) is 4.39 Å². The largest absolute Gasteiger partial charge is 0.309 e. The highest BCUT2D eigenvalue weighted by molar-refractivity contribution is 7.08. The van der Waals surface area contributed by atoms with Crippen LogP contribution >= 0.6 is 22.9 Å². The lowest BCUT2D eigenvalue weighted by molar-refractivity contribution is 0.620. The lowest BCUT2D eigenvalue weighted by Crippen LogP contribution is -2.13. The van der Waals surface area contributed by atoms with Crippen LogP contribution < -0.4 is 5.32 Å². The van der Waals surface area contributed by atoms with E-state index >= 15 is 0 Å². The standard InChI is InChI=1S/C13H13ClFNS/c1-9-7-17-8-11(9)6-16-5-10-4-12(15)2-3-13(10)14/h2-4,7-8,16H,5-6H2,1H3. The van der Waals surface area contributed by atoms with E-state index in [2.05, 4.69) is 23.0 Å². The molecule has 0 amide bonds. The molecule has 0 fully saturated rings. The summed E-state index contributed by atoms with van der Waals surface area (Å²) in [6, 6.07) is 4.43. The zero-order chi connectivity index (χ0) is 12.3. The molecular weight excluding hydrogens is 257 g/mol. The molecule has 4 heteroatoms. The Kier molecular flexibility index (Phi) is 4.15. The Morgan fingerprint density at radius 3 is 2.71 bits per heavy atom. The lowest BCUT2D eigenvalue weighted by Gasteiger charge is -2.06. The molecule has 0 atom stereocenters. The maximum atomic E-state index is 13.0. The van der Waals surface area contributed by atoms with Crippen molar-refractivity contribution in [2.45, 2.75) is 20.0 Å². The fourth-order valence-electron chi connectivity index (χ4n) is 1.58. The summed E-state index contributed by atoms with van der Waals surface area (Å²) in [5.41, 5.74) is 3.36. The third-order valence-corrected chi connectivity index (χ3v) is 3.88. The van der Waals surface area contributed by atoms with Gasteiger partial charge >= 0.3 is 0 Å². The third kappa shape index (κ3) is 3.28. The van der Waals surface area contributed by atoms with Crippen molar-refractivity contribution < 1.29 is 4.39 Å². The highest BCUT2D eigenvalue weighted by atomic mass is 35.5. The van der Waals surface area contributed by atoms with Crippen molar-refractivity contribution in [3.63, 3.8) is 0 Å². The molecule has 2 aromatic rings. The number of thiophene rings is 1. The van der Waals surface area contributed by atoms with Gasteiger partial charge in [0.15, 0.2) is 0 Å². The Bertz CT molecular complexity index is 510. The van der Waals surface area contributed by atoms with E-state index in [4.69, 9.17) is 11.6 Å². The molecule has 0 spiro atoms. The highest BCUT2D eigenvalue weighted by Crippen LogP contribution is 2.17. The van der Waals surface area contributed by atoms with Crippen LogP contribution in [0.15, 0.2) is 29.0 Å². The Balaban J connectivity index is 1.94.